The third-order valence-corrected chi connectivity index (χ3v) is 2.26. The van der Waals surface area contributed by atoms with Gasteiger partial charge in [-0.25, -0.2) is 0 Å². The molecule has 0 saturated heterocycles. The van der Waals surface area contributed by atoms with Crippen LogP contribution in [0.4, 0.5) is 5.69 Å². The quantitative estimate of drug-likeness (QED) is 0.717. The normalized spacial score (nSPS) is 15.2. The first-order chi connectivity index (χ1) is 6.81. The van der Waals surface area contributed by atoms with Crippen molar-refractivity contribution in [3.05, 3.63) is 29.8 Å². The molecule has 0 aliphatic carbocycles. The number of nitrogens with one attached hydrogen (secondary N) is 1. The molecule has 0 unspecified atom stereocenters. The zero-order valence-electron chi connectivity index (χ0n) is 8.08. The highest BCUT2D eigenvalue weighted by Gasteiger charge is 2.13. The van der Waals surface area contributed by atoms with Crippen LogP contribution in [0, 0.1) is 0 Å². The maximum Gasteiger partial charge on any atom is 0.246 e. The summed E-state index contributed by atoms with van der Waals surface area (Å²) in [4.78, 5) is 15.6. The van der Waals surface area contributed by atoms with Crippen LogP contribution in [0.2, 0.25) is 0 Å². The lowest BCUT2D eigenvalue weighted by Gasteiger charge is -2.06. The van der Waals surface area contributed by atoms with Gasteiger partial charge in [0.15, 0.2) is 0 Å². The number of rotatable bonds is 1. The summed E-state index contributed by atoms with van der Waals surface area (Å²) in [7, 11) is 0. The summed E-state index contributed by atoms with van der Waals surface area (Å²) < 4.78 is 0. The lowest BCUT2D eigenvalue weighted by Crippen LogP contribution is -2.13. The maximum atomic E-state index is 11.3. The van der Waals surface area contributed by atoms with Crippen LogP contribution in [0.3, 0.4) is 0 Å². The van der Waals surface area contributed by atoms with E-state index in [9.17, 15) is 4.79 Å². The number of anilines is 1. The Balaban J connectivity index is 2.52. The topological polar surface area (TPSA) is 41.5 Å². The molecule has 1 aliphatic rings. The van der Waals surface area contributed by atoms with Crippen molar-refractivity contribution in [2.75, 3.05) is 11.9 Å². The van der Waals surface area contributed by atoms with Crippen molar-refractivity contribution in [1.29, 1.82) is 0 Å². The highest BCUT2D eigenvalue weighted by atomic mass is 16.1. The number of hydrogen-bond donors (Lipinski definition) is 1. The van der Waals surface area contributed by atoms with Gasteiger partial charge < -0.3 is 5.32 Å². The van der Waals surface area contributed by atoms with Gasteiger partial charge in [-0.05, 0) is 12.5 Å². The van der Waals surface area contributed by atoms with Crippen LogP contribution < -0.4 is 5.32 Å². The van der Waals surface area contributed by atoms with Crippen molar-refractivity contribution < 1.29 is 4.79 Å². The Morgan fingerprint density at radius 2 is 2.21 bits per heavy atom. The Hall–Kier alpha value is -1.64. The van der Waals surface area contributed by atoms with Gasteiger partial charge >= 0.3 is 0 Å². The van der Waals surface area contributed by atoms with Crippen LogP contribution in [0.1, 0.15) is 18.9 Å². The van der Waals surface area contributed by atoms with Crippen molar-refractivity contribution in [1.82, 2.24) is 0 Å². The molecule has 14 heavy (non-hydrogen) atoms. The van der Waals surface area contributed by atoms with Gasteiger partial charge in [-0.15, -0.1) is 0 Å². The SMILES string of the molecule is CCC1=NCC(=O)Nc2ccccc21. The predicted molar refractivity (Wildman–Crippen MR) is 56.8 cm³/mol. The number of benzene rings is 1. The molecule has 0 spiro atoms. The Morgan fingerprint density at radius 1 is 1.43 bits per heavy atom. The second-order valence-corrected chi connectivity index (χ2v) is 3.21. The summed E-state index contributed by atoms with van der Waals surface area (Å²) in [6, 6.07) is 7.77. The standard InChI is InChI=1S/C11H12N2O/c1-2-9-8-5-3-4-6-10(8)13-11(14)7-12-9/h3-6H,2,7H2,1H3,(H,13,14). The molecule has 3 nitrogen and oxygen atoms in total. The van der Waals surface area contributed by atoms with E-state index < -0.39 is 0 Å². The molecule has 0 saturated carbocycles. The van der Waals surface area contributed by atoms with E-state index in [1.54, 1.807) is 0 Å². The first kappa shape index (κ1) is 8.94. The molecular formula is C11H12N2O. The molecule has 72 valence electrons. The number of nitrogens with zero attached hydrogens (tertiary/aromatic N) is 1. The van der Waals surface area contributed by atoms with Crippen molar-refractivity contribution in [3.8, 4) is 0 Å². The van der Waals surface area contributed by atoms with Crippen LogP contribution in [0.25, 0.3) is 0 Å². The maximum absolute atomic E-state index is 11.3. The van der Waals surface area contributed by atoms with E-state index in [1.807, 2.05) is 31.2 Å². The Bertz CT molecular complexity index is 396. The van der Waals surface area contributed by atoms with Crippen molar-refractivity contribution >= 4 is 17.3 Å². The first-order valence-corrected chi connectivity index (χ1v) is 4.74. The molecule has 3 heteroatoms. The van der Waals surface area contributed by atoms with Crippen LogP contribution in [0.15, 0.2) is 29.3 Å². The molecular weight excluding hydrogens is 176 g/mol. The summed E-state index contributed by atoms with van der Waals surface area (Å²) in [5, 5.41) is 2.83. The van der Waals surface area contributed by atoms with Gasteiger partial charge in [-0.2, -0.15) is 0 Å². The fourth-order valence-electron chi connectivity index (χ4n) is 1.59. The largest absolute Gasteiger partial charge is 0.324 e. The molecule has 0 bridgehead atoms. The monoisotopic (exact) mass is 188 g/mol. The molecule has 0 fully saturated rings. The summed E-state index contributed by atoms with van der Waals surface area (Å²) in [6.45, 7) is 2.28. The minimum atomic E-state index is -0.0408. The fourth-order valence-corrected chi connectivity index (χ4v) is 1.59. The van der Waals surface area contributed by atoms with E-state index in [4.69, 9.17) is 0 Å². The van der Waals surface area contributed by atoms with Gasteiger partial charge in [0.25, 0.3) is 0 Å². The van der Waals surface area contributed by atoms with Crippen molar-refractivity contribution in [2.24, 2.45) is 4.99 Å². The molecule has 1 aromatic rings. The number of benzodiazepines with no additional fused rings is 1. The van der Waals surface area contributed by atoms with Gasteiger partial charge in [0.05, 0.1) is 0 Å². The van der Waals surface area contributed by atoms with Gasteiger partial charge in [-0.1, -0.05) is 25.1 Å². The second-order valence-electron chi connectivity index (χ2n) is 3.21. The predicted octanol–water partition coefficient (Wildman–Crippen LogP) is 1.84. The number of carbonyl (C=O) groups excluding carboxylic acids is 1. The third-order valence-electron chi connectivity index (χ3n) is 2.26. The summed E-state index contributed by atoms with van der Waals surface area (Å²) in [5.41, 5.74) is 2.91. The van der Waals surface area contributed by atoms with E-state index in [1.165, 1.54) is 0 Å². The van der Waals surface area contributed by atoms with Crippen LogP contribution in [-0.2, 0) is 4.79 Å². The smallest absolute Gasteiger partial charge is 0.246 e. The van der Waals surface area contributed by atoms with Crippen LogP contribution in [0.5, 0.6) is 0 Å². The molecule has 0 aromatic heterocycles. The highest BCUT2D eigenvalue weighted by Crippen LogP contribution is 2.19. The van der Waals surface area contributed by atoms with Crippen molar-refractivity contribution in [3.63, 3.8) is 0 Å². The summed E-state index contributed by atoms with van der Waals surface area (Å²) in [5.74, 6) is -0.0408. The van der Waals surface area contributed by atoms with Crippen LogP contribution >= 0.6 is 0 Å². The van der Waals surface area contributed by atoms with Crippen molar-refractivity contribution in [2.45, 2.75) is 13.3 Å². The average molecular weight is 188 g/mol. The van der Waals surface area contributed by atoms with Gasteiger partial charge in [0, 0.05) is 17.0 Å². The Morgan fingerprint density at radius 3 is 3.00 bits per heavy atom. The molecule has 0 atom stereocenters. The molecule has 0 radical (unpaired) electrons. The first-order valence-electron chi connectivity index (χ1n) is 4.74. The summed E-state index contributed by atoms with van der Waals surface area (Å²) >= 11 is 0. The van der Waals surface area contributed by atoms with E-state index in [2.05, 4.69) is 10.3 Å². The molecule has 1 aliphatic heterocycles. The number of aliphatic imine (C=N–C) groups is 1. The molecule has 2 rings (SSSR count). The van der Waals surface area contributed by atoms with E-state index >= 15 is 0 Å². The van der Waals surface area contributed by atoms with Crippen LogP contribution in [-0.4, -0.2) is 18.2 Å². The highest BCUT2D eigenvalue weighted by molar-refractivity contribution is 6.10. The third kappa shape index (κ3) is 1.53. The van der Waals surface area contributed by atoms with E-state index in [0.29, 0.717) is 0 Å². The molecule has 1 heterocycles. The number of hydrogen-bond acceptors (Lipinski definition) is 2. The zero-order valence-corrected chi connectivity index (χ0v) is 8.08. The fraction of sp³-hybridized carbons (Fsp3) is 0.273. The summed E-state index contributed by atoms with van der Waals surface area (Å²) in [6.07, 6.45) is 0.853. The number of para-hydroxylation sites is 1. The number of amides is 1. The number of fused-ring (bicyclic) bond motifs is 1. The van der Waals surface area contributed by atoms with Gasteiger partial charge in [0.2, 0.25) is 5.91 Å². The van der Waals surface area contributed by atoms with Gasteiger partial charge in [0.1, 0.15) is 6.54 Å². The van der Waals surface area contributed by atoms with E-state index in [0.717, 1.165) is 23.4 Å². The Kier molecular flexibility index (Phi) is 2.31. The molecule has 1 N–H and O–H groups in total. The lowest BCUT2D eigenvalue weighted by atomic mass is 10.1. The van der Waals surface area contributed by atoms with Gasteiger partial charge in [-0.3, -0.25) is 9.79 Å². The number of carbonyl (C=O) groups is 1. The average Bonchev–Trinajstić information content (AvgIpc) is 2.36. The minimum Gasteiger partial charge on any atom is -0.324 e. The van der Waals surface area contributed by atoms with E-state index in [-0.39, 0.29) is 12.5 Å². The molecule has 1 aromatic carbocycles. The minimum absolute atomic E-state index is 0.0408. The zero-order chi connectivity index (χ0) is 9.97. The lowest BCUT2D eigenvalue weighted by molar-refractivity contribution is -0.114. The second kappa shape index (κ2) is 3.62. The molecule has 1 amide bonds. The Labute approximate surface area is 82.9 Å².